The standard InChI is InChI=1S/C11H12F2N4O2/c1-18-6-4-7(17-3-2-11(12,13)5-17)15-10-8(6)9(14)16-19-10/h4H,2-3,5H2,1H3,(H2,14,16). The van der Waals surface area contributed by atoms with Crippen LogP contribution < -0.4 is 15.4 Å². The maximum Gasteiger partial charge on any atom is 0.266 e. The van der Waals surface area contributed by atoms with Crippen LogP contribution in [0.5, 0.6) is 5.75 Å². The molecule has 1 aliphatic rings. The Morgan fingerprint density at radius 3 is 2.95 bits per heavy atom. The smallest absolute Gasteiger partial charge is 0.266 e. The highest BCUT2D eigenvalue weighted by Crippen LogP contribution is 2.36. The molecule has 3 rings (SSSR count). The topological polar surface area (TPSA) is 77.4 Å². The lowest BCUT2D eigenvalue weighted by Crippen LogP contribution is -2.25. The van der Waals surface area contributed by atoms with E-state index in [1.54, 1.807) is 6.07 Å². The number of aromatic nitrogens is 2. The third kappa shape index (κ3) is 1.92. The first-order chi connectivity index (χ1) is 9.00. The van der Waals surface area contributed by atoms with E-state index >= 15 is 0 Å². The molecule has 1 aliphatic heterocycles. The van der Waals surface area contributed by atoms with Crippen molar-refractivity contribution >= 4 is 22.7 Å². The average molecular weight is 270 g/mol. The first-order valence-electron chi connectivity index (χ1n) is 5.73. The maximum absolute atomic E-state index is 13.2. The van der Waals surface area contributed by atoms with Gasteiger partial charge < -0.3 is 19.9 Å². The van der Waals surface area contributed by atoms with Crippen molar-refractivity contribution in [1.29, 1.82) is 0 Å². The van der Waals surface area contributed by atoms with E-state index in [2.05, 4.69) is 10.1 Å². The first-order valence-corrected chi connectivity index (χ1v) is 5.73. The van der Waals surface area contributed by atoms with Gasteiger partial charge in [-0.2, -0.15) is 4.98 Å². The lowest BCUT2D eigenvalue weighted by molar-refractivity contribution is 0.0256. The van der Waals surface area contributed by atoms with Gasteiger partial charge in [0.2, 0.25) is 0 Å². The Hall–Kier alpha value is -2.12. The molecule has 0 radical (unpaired) electrons. The second kappa shape index (κ2) is 3.94. The highest BCUT2D eigenvalue weighted by atomic mass is 19.3. The summed E-state index contributed by atoms with van der Waals surface area (Å²) in [5.41, 5.74) is 5.82. The molecule has 19 heavy (non-hydrogen) atoms. The molecular weight excluding hydrogens is 258 g/mol. The molecule has 3 heterocycles. The summed E-state index contributed by atoms with van der Waals surface area (Å²) < 4.78 is 36.6. The molecule has 0 atom stereocenters. The van der Waals surface area contributed by atoms with Crippen LogP contribution in [0, 0.1) is 0 Å². The van der Waals surface area contributed by atoms with E-state index in [1.165, 1.54) is 12.0 Å². The Labute approximate surface area is 107 Å². The fraction of sp³-hybridized carbons (Fsp3) is 0.455. The minimum Gasteiger partial charge on any atom is -0.496 e. The zero-order chi connectivity index (χ0) is 13.6. The summed E-state index contributed by atoms with van der Waals surface area (Å²) in [6, 6.07) is 1.57. The van der Waals surface area contributed by atoms with E-state index in [4.69, 9.17) is 15.0 Å². The maximum atomic E-state index is 13.2. The van der Waals surface area contributed by atoms with Crippen molar-refractivity contribution in [2.75, 3.05) is 30.8 Å². The first kappa shape index (κ1) is 11.9. The second-order valence-electron chi connectivity index (χ2n) is 4.46. The van der Waals surface area contributed by atoms with E-state index in [9.17, 15) is 8.78 Å². The summed E-state index contributed by atoms with van der Waals surface area (Å²) in [5.74, 6) is -1.74. The lowest BCUT2D eigenvalue weighted by atomic mass is 10.3. The number of anilines is 2. The van der Waals surface area contributed by atoms with Crippen LogP contribution in [0.2, 0.25) is 0 Å². The van der Waals surface area contributed by atoms with Gasteiger partial charge in [-0.1, -0.05) is 5.16 Å². The zero-order valence-electron chi connectivity index (χ0n) is 10.2. The molecule has 102 valence electrons. The molecular formula is C11H12F2N4O2. The van der Waals surface area contributed by atoms with Crippen molar-refractivity contribution in [3.8, 4) is 5.75 Å². The van der Waals surface area contributed by atoms with Crippen molar-refractivity contribution in [3.05, 3.63) is 6.07 Å². The Bertz CT molecular complexity index is 628. The van der Waals surface area contributed by atoms with Gasteiger partial charge in [0.1, 0.15) is 17.0 Å². The summed E-state index contributed by atoms with van der Waals surface area (Å²) in [6.45, 7) is -0.128. The summed E-state index contributed by atoms with van der Waals surface area (Å²) in [7, 11) is 1.46. The third-order valence-electron chi connectivity index (χ3n) is 3.14. The number of nitrogen functional groups attached to an aromatic ring is 1. The number of alkyl halides is 2. The molecule has 2 N–H and O–H groups in total. The molecule has 1 saturated heterocycles. The van der Waals surface area contributed by atoms with Crippen LogP contribution in [0.1, 0.15) is 6.42 Å². The minimum absolute atomic E-state index is 0.164. The van der Waals surface area contributed by atoms with Gasteiger partial charge in [-0.25, -0.2) is 8.78 Å². The molecule has 1 fully saturated rings. The van der Waals surface area contributed by atoms with Crippen LogP contribution in [0.3, 0.4) is 0 Å². The highest BCUT2D eigenvalue weighted by molar-refractivity contribution is 5.91. The van der Waals surface area contributed by atoms with E-state index < -0.39 is 5.92 Å². The van der Waals surface area contributed by atoms with Crippen LogP contribution in [0.15, 0.2) is 10.6 Å². The van der Waals surface area contributed by atoms with Crippen LogP contribution >= 0.6 is 0 Å². The monoisotopic (exact) mass is 270 g/mol. The van der Waals surface area contributed by atoms with E-state index in [-0.39, 0.29) is 31.0 Å². The summed E-state index contributed by atoms with van der Waals surface area (Å²) in [6.07, 6.45) is -0.187. The van der Waals surface area contributed by atoms with Gasteiger partial charge in [0.05, 0.1) is 13.7 Å². The molecule has 0 unspecified atom stereocenters. The number of pyridine rings is 1. The average Bonchev–Trinajstić information content (AvgIpc) is 2.92. The molecule has 2 aromatic heterocycles. The Balaban J connectivity index is 2.06. The largest absolute Gasteiger partial charge is 0.496 e. The number of ether oxygens (including phenoxy) is 1. The zero-order valence-corrected chi connectivity index (χ0v) is 10.2. The highest BCUT2D eigenvalue weighted by Gasteiger charge is 2.39. The van der Waals surface area contributed by atoms with Crippen LogP contribution in [0.4, 0.5) is 20.4 Å². The summed E-state index contributed by atoms with van der Waals surface area (Å²) in [5, 5.41) is 4.05. The molecule has 0 aliphatic carbocycles. The van der Waals surface area contributed by atoms with Gasteiger partial charge in [0.15, 0.2) is 5.82 Å². The number of nitrogens with two attached hydrogens (primary N) is 1. The van der Waals surface area contributed by atoms with E-state index in [0.29, 0.717) is 17.0 Å². The molecule has 0 saturated carbocycles. The quantitative estimate of drug-likeness (QED) is 0.894. The number of fused-ring (bicyclic) bond motifs is 1. The second-order valence-corrected chi connectivity index (χ2v) is 4.46. The van der Waals surface area contributed by atoms with Crippen LogP contribution in [0.25, 0.3) is 11.1 Å². The SMILES string of the molecule is COc1cc(N2CCC(F)(F)C2)nc2onc(N)c12. The van der Waals surface area contributed by atoms with Crippen molar-refractivity contribution < 1.29 is 18.0 Å². The number of hydrogen-bond acceptors (Lipinski definition) is 6. The van der Waals surface area contributed by atoms with Crippen LogP contribution in [-0.2, 0) is 0 Å². The Morgan fingerprint density at radius 1 is 1.53 bits per heavy atom. The van der Waals surface area contributed by atoms with Crippen LogP contribution in [-0.4, -0.2) is 36.3 Å². The fourth-order valence-corrected chi connectivity index (χ4v) is 2.18. The Kier molecular flexibility index (Phi) is 2.48. The van der Waals surface area contributed by atoms with Gasteiger partial charge in [0.25, 0.3) is 11.6 Å². The predicted molar refractivity (Wildman–Crippen MR) is 64.5 cm³/mol. The minimum atomic E-state index is -2.69. The molecule has 6 nitrogen and oxygen atoms in total. The lowest BCUT2D eigenvalue weighted by Gasteiger charge is -2.17. The molecule has 0 bridgehead atoms. The molecule has 2 aromatic rings. The van der Waals surface area contributed by atoms with Gasteiger partial charge in [0, 0.05) is 19.0 Å². The number of methoxy groups -OCH3 is 1. The van der Waals surface area contributed by atoms with Crippen molar-refractivity contribution in [2.45, 2.75) is 12.3 Å². The fourth-order valence-electron chi connectivity index (χ4n) is 2.18. The molecule has 0 spiro atoms. The number of rotatable bonds is 2. The molecule has 0 amide bonds. The van der Waals surface area contributed by atoms with Crippen molar-refractivity contribution in [3.63, 3.8) is 0 Å². The summed E-state index contributed by atoms with van der Waals surface area (Å²) >= 11 is 0. The van der Waals surface area contributed by atoms with Crippen molar-refractivity contribution in [1.82, 2.24) is 10.1 Å². The normalized spacial score (nSPS) is 18.2. The van der Waals surface area contributed by atoms with Gasteiger partial charge >= 0.3 is 0 Å². The van der Waals surface area contributed by atoms with Crippen molar-refractivity contribution in [2.24, 2.45) is 0 Å². The molecule has 0 aromatic carbocycles. The Morgan fingerprint density at radius 2 is 2.32 bits per heavy atom. The van der Waals surface area contributed by atoms with Gasteiger partial charge in [-0.05, 0) is 0 Å². The predicted octanol–water partition coefficient (Wildman–Crippen LogP) is 1.66. The van der Waals surface area contributed by atoms with Gasteiger partial charge in [-0.15, -0.1) is 0 Å². The van der Waals surface area contributed by atoms with E-state index in [0.717, 1.165) is 0 Å². The third-order valence-corrected chi connectivity index (χ3v) is 3.14. The summed E-state index contributed by atoms with van der Waals surface area (Å²) in [4.78, 5) is 5.64. The molecule has 8 heteroatoms. The van der Waals surface area contributed by atoms with Gasteiger partial charge in [-0.3, -0.25) is 0 Å². The van der Waals surface area contributed by atoms with E-state index in [1.807, 2.05) is 0 Å². The number of halogens is 2. The number of hydrogen-bond donors (Lipinski definition) is 1. The number of nitrogens with zero attached hydrogens (tertiary/aromatic N) is 3.